The number of hydrogen-bond donors (Lipinski definition) is 4. The molecule has 0 aliphatic heterocycles. The SMILES string of the molecule is CC(C)(O)CNC(=O)c1ccc(-n2nc(-c3ccccc3O)nc2-c2ccccc2O)cc1. The van der Waals surface area contributed by atoms with Gasteiger partial charge in [-0.25, -0.2) is 9.67 Å². The molecule has 0 saturated carbocycles. The Kier molecular flexibility index (Phi) is 5.85. The molecular weight excluding hydrogens is 420 g/mol. The lowest BCUT2D eigenvalue weighted by molar-refractivity contribution is 0.0694. The van der Waals surface area contributed by atoms with Crippen molar-refractivity contribution in [3.63, 3.8) is 0 Å². The zero-order chi connectivity index (χ0) is 23.6. The number of nitrogens with zero attached hydrogens (tertiary/aromatic N) is 3. The summed E-state index contributed by atoms with van der Waals surface area (Å²) in [5.41, 5.74) is 0.950. The van der Waals surface area contributed by atoms with E-state index in [4.69, 9.17) is 0 Å². The number of nitrogens with one attached hydrogen (secondary N) is 1. The third kappa shape index (κ3) is 4.86. The van der Waals surface area contributed by atoms with Crippen LogP contribution in [0, 0.1) is 0 Å². The van der Waals surface area contributed by atoms with Crippen LogP contribution in [0.2, 0.25) is 0 Å². The third-order valence-electron chi connectivity index (χ3n) is 4.95. The van der Waals surface area contributed by atoms with Crippen LogP contribution in [0.15, 0.2) is 72.8 Å². The van der Waals surface area contributed by atoms with E-state index in [1.165, 1.54) is 0 Å². The monoisotopic (exact) mass is 444 g/mol. The van der Waals surface area contributed by atoms with Crippen molar-refractivity contribution in [2.45, 2.75) is 19.4 Å². The second kappa shape index (κ2) is 8.76. The molecule has 0 aliphatic rings. The quantitative estimate of drug-likeness (QED) is 0.361. The summed E-state index contributed by atoms with van der Waals surface area (Å²) in [6.07, 6.45) is 0. The lowest BCUT2D eigenvalue weighted by Gasteiger charge is -2.17. The summed E-state index contributed by atoms with van der Waals surface area (Å²) in [5, 5.41) is 37.7. The first-order valence-corrected chi connectivity index (χ1v) is 10.4. The first-order chi connectivity index (χ1) is 15.7. The highest BCUT2D eigenvalue weighted by Crippen LogP contribution is 2.33. The highest BCUT2D eigenvalue weighted by molar-refractivity contribution is 5.94. The molecule has 0 radical (unpaired) electrons. The minimum atomic E-state index is -1.01. The van der Waals surface area contributed by atoms with Crippen LogP contribution in [0.1, 0.15) is 24.2 Å². The number of carbonyl (C=O) groups excluding carboxylic acids is 1. The Morgan fingerprint density at radius 2 is 1.48 bits per heavy atom. The first-order valence-electron chi connectivity index (χ1n) is 10.4. The van der Waals surface area contributed by atoms with Crippen LogP contribution in [0.5, 0.6) is 11.5 Å². The molecule has 0 saturated heterocycles. The van der Waals surface area contributed by atoms with Crippen LogP contribution in [-0.2, 0) is 0 Å². The molecule has 0 unspecified atom stereocenters. The Morgan fingerprint density at radius 1 is 0.909 bits per heavy atom. The van der Waals surface area contributed by atoms with Gasteiger partial charge < -0.3 is 20.6 Å². The summed E-state index contributed by atoms with van der Waals surface area (Å²) < 4.78 is 1.55. The van der Waals surface area contributed by atoms with E-state index in [0.29, 0.717) is 34.0 Å². The van der Waals surface area contributed by atoms with Crippen molar-refractivity contribution in [3.8, 4) is 40.0 Å². The van der Waals surface area contributed by atoms with Crippen molar-refractivity contribution < 1.29 is 20.1 Å². The van der Waals surface area contributed by atoms with Gasteiger partial charge >= 0.3 is 0 Å². The van der Waals surface area contributed by atoms with E-state index < -0.39 is 5.60 Å². The average molecular weight is 444 g/mol. The molecule has 1 heterocycles. The molecule has 1 amide bonds. The molecule has 168 valence electrons. The first kappa shape index (κ1) is 22.0. The molecule has 4 N–H and O–H groups in total. The van der Waals surface area contributed by atoms with E-state index in [1.54, 1.807) is 91.3 Å². The van der Waals surface area contributed by atoms with E-state index >= 15 is 0 Å². The lowest BCUT2D eigenvalue weighted by atomic mass is 10.1. The van der Waals surface area contributed by atoms with Crippen molar-refractivity contribution in [2.24, 2.45) is 0 Å². The maximum atomic E-state index is 12.4. The maximum absolute atomic E-state index is 12.4. The summed E-state index contributed by atoms with van der Waals surface area (Å²) in [6, 6.07) is 20.2. The second-order valence-corrected chi connectivity index (χ2v) is 8.25. The summed E-state index contributed by atoms with van der Waals surface area (Å²) in [4.78, 5) is 17.0. The normalized spacial score (nSPS) is 11.4. The average Bonchev–Trinajstić information content (AvgIpc) is 3.22. The van der Waals surface area contributed by atoms with E-state index in [0.717, 1.165) is 0 Å². The van der Waals surface area contributed by atoms with Crippen LogP contribution >= 0.6 is 0 Å². The molecular formula is C25H24N4O4. The van der Waals surface area contributed by atoms with Gasteiger partial charge in [0.1, 0.15) is 11.5 Å². The number of aromatic nitrogens is 3. The van der Waals surface area contributed by atoms with Crippen LogP contribution in [0.4, 0.5) is 0 Å². The largest absolute Gasteiger partial charge is 0.507 e. The number of carbonyl (C=O) groups is 1. The molecule has 33 heavy (non-hydrogen) atoms. The topological polar surface area (TPSA) is 121 Å². The van der Waals surface area contributed by atoms with E-state index in [9.17, 15) is 20.1 Å². The van der Waals surface area contributed by atoms with Gasteiger partial charge in [-0.15, -0.1) is 5.10 Å². The van der Waals surface area contributed by atoms with Crippen molar-refractivity contribution in [3.05, 3.63) is 78.4 Å². The Morgan fingerprint density at radius 3 is 2.06 bits per heavy atom. The van der Waals surface area contributed by atoms with Crippen LogP contribution in [-0.4, -0.2) is 48.1 Å². The van der Waals surface area contributed by atoms with Crippen molar-refractivity contribution in [1.29, 1.82) is 0 Å². The number of para-hydroxylation sites is 2. The fourth-order valence-electron chi connectivity index (χ4n) is 3.26. The van der Waals surface area contributed by atoms with Crippen molar-refractivity contribution in [1.82, 2.24) is 20.1 Å². The van der Waals surface area contributed by atoms with Gasteiger partial charge in [0.15, 0.2) is 11.6 Å². The standard InChI is InChI=1S/C25H24N4O4/c1-25(2,33)15-26-24(32)16-11-13-17(14-12-16)29-23(19-8-4-6-10-21(19)31)27-22(28-29)18-7-3-5-9-20(18)30/h3-14,30-31,33H,15H2,1-2H3,(H,26,32). The van der Waals surface area contributed by atoms with Gasteiger partial charge in [0.2, 0.25) is 0 Å². The summed E-state index contributed by atoms with van der Waals surface area (Å²) >= 11 is 0. The predicted octanol–water partition coefficient (Wildman–Crippen LogP) is 3.51. The number of hydrogen-bond acceptors (Lipinski definition) is 6. The van der Waals surface area contributed by atoms with Gasteiger partial charge in [-0.1, -0.05) is 24.3 Å². The Bertz CT molecular complexity index is 1290. The van der Waals surface area contributed by atoms with Gasteiger partial charge in [-0.2, -0.15) is 0 Å². The molecule has 8 heteroatoms. The van der Waals surface area contributed by atoms with Gasteiger partial charge in [0.05, 0.1) is 22.4 Å². The number of aromatic hydroxyl groups is 2. The molecule has 0 bridgehead atoms. The number of phenols is 2. The molecule has 1 aromatic heterocycles. The lowest BCUT2D eigenvalue weighted by Crippen LogP contribution is -2.38. The Hall–Kier alpha value is -4.17. The van der Waals surface area contributed by atoms with Crippen LogP contribution in [0.3, 0.4) is 0 Å². The number of aliphatic hydroxyl groups is 1. The minimum Gasteiger partial charge on any atom is -0.507 e. The second-order valence-electron chi connectivity index (χ2n) is 8.25. The molecule has 4 aromatic rings. The highest BCUT2D eigenvalue weighted by atomic mass is 16.3. The highest BCUT2D eigenvalue weighted by Gasteiger charge is 2.20. The number of amides is 1. The van der Waals surface area contributed by atoms with E-state index in [-0.39, 0.29) is 24.0 Å². The zero-order valence-corrected chi connectivity index (χ0v) is 18.2. The molecule has 8 nitrogen and oxygen atoms in total. The van der Waals surface area contributed by atoms with Crippen LogP contribution < -0.4 is 5.32 Å². The third-order valence-corrected chi connectivity index (χ3v) is 4.95. The summed E-state index contributed by atoms with van der Waals surface area (Å²) in [7, 11) is 0. The van der Waals surface area contributed by atoms with Crippen LogP contribution in [0.25, 0.3) is 28.5 Å². The van der Waals surface area contributed by atoms with E-state index in [2.05, 4.69) is 15.4 Å². The summed E-state index contributed by atoms with van der Waals surface area (Å²) in [5.74, 6) is 0.442. The smallest absolute Gasteiger partial charge is 0.251 e. The molecule has 4 rings (SSSR count). The van der Waals surface area contributed by atoms with E-state index in [1.807, 2.05) is 0 Å². The summed E-state index contributed by atoms with van der Waals surface area (Å²) in [6.45, 7) is 3.35. The minimum absolute atomic E-state index is 0.0392. The molecule has 0 fully saturated rings. The fourth-order valence-corrected chi connectivity index (χ4v) is 3.26. The maximum Gasteiger partial charge on any atom is 0.251 e. The fraction of sp³-hybridized carbons (Fsp3) is 0.160. The molecule has 0 spiro atoms. The van der Waals surface area contributed by atoms with Gasteiger partial charge in [0, 0.05) is 12.1 Å². The predicted molar refractivity (Wildman–Crippen MR) is 124 cm³/mol. The van der Waals surface area contributed by atoms with Gasteiger partial charge in [-0.05, 0) is 62.4 Å². The molecule has 3 aromatic carbocycles. The Labute approximate surface area is 190 Å². The molecule has 0 atom stereocenters. The van der Waals surface area contributed by atoms with Gasteiger partial charge in [-0.3, -0.25) is 4.79 Å². The number of rotatable bonds is 6. The van der Waals surface area contributed by atoms with Crippen molar-refractivity contribution in [2.75, 3.05) is 6.54 Å². The zero-order valence-electron chi connectivity index (χ0n) is 18.2. The molecule has 0 aliphatic carbocycles. The number of benzene rings is 3. The Balaban J connectivity index is 1.74. The number of phenolic OH excluding ortho intramolecular Hbond substituents is 2. The van der Waals surface area contributed by atoms with Gasteiger partial charge in [0.25, 0.3) is 5.91 Å². The van der Waals surface area contributed by atoms with Crippen molar-refractivity contribution >= 4 is 5.91 Å².